The second kappa shape index (κ2) is 11.4. The van der Waals surface area contributed by atoms with Crippen molar-refractivity contribution in [2.45, 2.75) is 0 Å². The van der Waals surface area contributed by atoms with Crippen LogP contribution in [0.5, 0.6) is 5.75 Å². The molecule has 1 amide bonds. The molecule has 0 aliphatic carbocycles. The smallest absolute Gasteiger partial charge is 0.247 e. The van der Waals surface area contributed by atoms with Gasteiger partial charge in [-0.05, 0) is 50.5 Å². The molecule has 4 rings (SSSR count). The van der Waals surface area contributed by atoms with Crippen LogP contribution in [0.1, 0.15) is 5.56 Å². The summed E-state index contributed by atoms with van der Waals surface area (Å²) in [5, 5.41) is 15.3. The van der Waals surface area contributed by atoms with Gasteiger partial charge in [-0.1, -0.05) is 6.58 Å². The molecule has 0 spiro atoms. The van der Waals surface area contributed by atoms with Gasteiger partial charge in [-0.2, -0.15) is 10.2 Å². The summed E-state index contributed by atoms with van der Waals surface area (Å²) in [7, 11) is 7.55. The zero-order valence-corrected chi connectivity index (χ0v) is 21.8. The van der Waals surface area contributed by atoms with Crippen LogP contribution >= 0.6 is 0 Å². The number of nitriles is 1. The molecule has 2 heterocycles. The lowest BCUT2D eigenvalue weighted by Crippen LogP contribution is -2.29. The van der Waals surface area contributed by atoms with Gasteiger partial charge in [-0.3, -0.25) is 9.36 Å². The molecule has 0 radical (unpaired) electrons. The summed E-state index contributed by atoms with van der Waals surface area (Å²) in [6.45, 7) is 5.13. The molecule has 0 fully saturated rings. The van der Waals surface area contributed by atoms with E-state index in [0.717, 1.165) is 24.3 Å². The van der Waals surface area contributed by atoms with Gasteiger partial charge in [0.1, 0.15) is 17.9 Å². The number of nitrogens with one attached hydrogen (secondary N) is 2. The highest BCUT2D eigenvalue weighted by molar-refractivity contribution is 6.02. The molecule has 4 aromatic rings. The largest absolute Gasteiger partial charge is 0.494 e. The fourth-order valence-electron chi connectivity index (χ4n) is 3.83. The average Bonchev–Trinajstić information content (AvgIpc) is 3.35. The Hall–Kier alpha value is -4.95. The number of amides is 1. The van der Waals surface area contributed by atoms with E-state index in [0.29, 0.717) is 40.0 Å². The first-order chi connectivity index (χ1) is 18.3. The SMILES string of the molecule is C=CC(=O)Nc1cc(Nc2nccc(-n3cnc4cc(C#N)ccc43)n2)c(OC)cc1N(C)CCN(C)C. The van der Waals surface area contributed by atoms with E-state index >= 15 is 0 Å². The van der Waals surface area contributed by atoms with E-state index in [-0.39, 0.29) is 5.91 Å². The number of fused-ring (bicyclic) bond motifs is 1. The monoisotopic (exact) mass is 511 g/mol. The number of ether oxygens (including phenoxy) is 1. The van der Waals surface area contributed by atoms with Gasteiger partial charge < -0.3 is 25.2 Å². The van der Waals surface area contributed by atoms with Gasteiger partial charge >= 0.3 is 0 Å². The normalized spacial score (nSPS) is 10.7. The molecule has 0 saturated heterocycles. The number of hydrogen-bond donors (Lipinski definition) is 2. The van der Waals surface area contributed by atoms with E-state index in [9.17, 15) is 4.79 Å². The quantitative estimate of drug-likeness (QED) is 0.308. The molecule has 0 aliphatic rings. The molecule has 0 unspecified atom stereocenters. The molecule has 194 valence electrons. The van der Waals surface area contributed by atoms with E-state index in [4.69, 9.17) is 10.00 Å². The summed E-state index contributed by atoms with van der Waals surface area (Å²) in [6.07, 6.45) is 4.51. The summed E-state index contributed by atoms with van der Waals surface area (Å²) in [6, 6.07) is 12.8. The standard InChI is InChI=1S/C27H29N9O2/c1-6-26(37)31-20-14-21(24(38-5)15-23(20)35(4)12-11-34(2)3)32-27-29-10-9-25(33-27)36-17-30-19-13-18(16-28)7-8-22(19)36/h6-10,13-15,17H,1,11-12H2,2-5H3,(H,31,37)(H,29,32,33). The molecule has 11 heteroatoms. The van der Waals surface area contributed by atoms with Crippen molar-refractivity contribution in [3.63, 3.8) is 0 Å². The van der Waals surface area contributed by atoms with Gasteiger partial charge in [-0.25, -0.2) is 9.97 Å². The van der Waals surface area contributed by atoms with Gasteiger partial charge in [0.15, 0.2) is 0 Å². The highest BCUT2D eigenvalue weighted by Gasteiger charge is 2.17. The minimum Gasteiger partial charge on any atom is -0.494 e. The predicted octanol–water partition coefficient (Wildman–Crippen LogP) is 3.56. The average molecular weight is 512 g/mol. The summed E-state index contributed by atoms with van der Waals surface area (Å²) in [4.78, 5) is 29.8. The van der Waals surface area contributed by atoms with Crippen LogP contribution in [0.2, 0.25) is 0 Å². The minimum absolute atomic E-state index is 0.325. The van der Waals surface area contributed by atoms with Crippen molar-refractivity contribution >= 4 is 40.0 Å². The third kappa shape index (κ3) is 5.71. The Morgan fingerprint density at radius 2 is 1.97 bits per heavy atom. The molecule has 0 atom stereocenters. The summed E-state index contributed by atoms with van der Waals surface area (Å²) < 4.78 is 7.49. The number of aromatic nitrogens is 4. The van der Waals surface area contributed by atoms with Gasteiger partial charge in [0.05, 0.1) is 46.8 Å². The molecule has 0 saturated carbocycles. The minimum atomic E-state index is -0.326. The topological polar surface area (TPSA) is 124 Å². The number of imidazole rings is 1. The second-order valence-corrected chi connectivity index (χ2v) is 8.78. The Morgan fingerprint density at radius 3 is 2.68 bits per heavy atom. The maximum absolute atomic E-state index is 12.2. The van der Waals surface area contributed by atoms with Crippen LogP contribution in [0.25, 0.3) is 16.9 Å². The zero-order valence-electron chi connectivity index (χ0n) is 21.8. The fourth-order valence-corrected chi connectivity index (χ4v) is 3.83. The van der Waals surface area contributed by atoms with Crippen LogP contribution in [0.3, 0.4) is 0 Å². The maximum Gasteiger partial charge on any atom is 0.247 e. The highest BCUT2D eigenvalue weighted by atomic mass is 16.5. The number of rotatable bonds is 10. The fraction of sp³-hybridized carbons (Fsp3) is 0.222. The lowest BCUT2D eigenvalue weighted by atomic mass is 10.2. The van der Waals surface area contributed by atoms with Crippen molar-refractivity contribution in [1.82, 2.24) is 24.4 Å². The molecule has 11 nitrogen and oxygen atoms in total. The van der Waals surface area contributed by atoms with E-state index in [2.05, 4.69) is 43.1 Å². The number of anilines is 4. The Bertz CT molecular complexity index is 1520. The van der Waals surface area contributed by atoms with Crippen molar-refractivity contribution in [3.05, 3.63) is 67.1 Å². The molecular weight excluding hydrogens is 482 g/mol. The van der Waals surface area contributed by atoms with Crippen molar-refractivity contribution in [2.24, 2.45) is 0 Å². The second-order valence-electron chi connectivity index (χ2n) is 8.78. The number of methoxy groups -OCH3 is 1. The van der Waals surface area contributed by atoms with Crippen LogP contribution < -0.4 is 20.3 Å². The molecule has 38 heavy (non-hydrogen) atoms. The van der Waals surface area contributed by atoms with Gasteiger partial charge in [0.2, 0.25) is 11.9 Å². The first-order valence-corrected chi connectivity index (χ1v) is 11.8. The summed E-state index contributed by atoms with van der Waals surface area (Å²) in [5.41, 5.74) is 3.99. The van der Waals surface area contributed by atoms with E-state index in [1.54, 1.807) is 43.9 Å². The molecule has 2 aromatic carbocycles. The highest BCUT2D eigenvalue weighted by Crippen LogP contribution is 2.38. The number of nitrogens with zero attached hydrogens (tertiary/aromatic N) is 7. The van der Waals surface area contributed by atoms with Gasteiger partial charge in [0.25, 0.3) is 0 Å². The number of benzene rings is 2. The molecular formula is C27H29N9O2. The number of carbonyl (C=O) groups is 1. The molecule has 0 aliphatic heterocycles. The van der Waals surface area contributed by atoms with E-state index < -0.39 is 0 Å². The molecule has 0 bridgehead atoms. The Morgan fingerprint density at radius 1 is 1.16 bits per heavy atom. The zero-order chi connectivity index (χ0) is 27.2. The van der Waals surface area contributed by atoms with Crippen LogP contribution in [0, 0.1) is 11.3 Å². The lowest BCUT2D eigenvalue weighted by Gasteiger charge is -2.26. The summed E-state index contributed by atoms with van der Waals surface area (Å²) in [5.74, 6) is 1.15. The van der Waals surface area contributed by atoms with Crippen molar-refractivity contribution < 1.29 is 9.53 Å². The van der Waals surface area contributed by atoms with Crippen molar-refractivity contribution in [1.29, 1.82) is 5.26 Å². The Kier molecular flexibility index (Phi) is 7.84. The van der Waals surface area contributed by atoms with E-state index in [1.807, 2.05) is 42.7 Å². The van der Waals surface area contributed by atoms with Crippen molar-refractivity contribution in [3.8, 4) is 17.6 Å². The molecule has 2 aromatic heterocycles. The lowest BCUT2D eigenvalue weighted by molar-refractivity contribution is -0.111. The summed E-state index contributed by atoms with van der Waals surface area (Å²) >= 11 is 0. The van der Waals surface area contributed by atoms with E-state index in [1.165, 1.54) is 6.08 Å². The number of carbonyl (C=O) groups excluding carboxylic acids is 1. The number of likely N-dealkylation sites (N-methyl/N-ethyl adjacent to an activating group) is 2. The predicted molar refractivity (Wildman–Crippen MR) is 148 cm³/mol. The van der Waals surface area contributed by atoms with Crippen LogP contribution in [-0.2, 0) is 4.79 Å². The van der Waals surface area contributed by atoms with Crippen LogP contribution in [0.15, 0.2) is 61.6 Å². The third-order valence-corrected chi connectivity index (χ3v) is 5.87. The molecule has 2 N–H and O–H groups in total. The third-order valence-electron chi connectivity index (χ3n) is 5.87. The van der Waals surface area contributed by atoms with Gasteiger partial charge in [-0.15, -0.1) is 0 Å². The Labute approximate surface area is 221 Å². The first-order valence-electron chi connectivity index (χ1n) is 11.8. The van der Waals surface area contributed by atoms with Gasteiger partial charge in [0, 0.05) is 32.4 Å². The van der Waals surface area contributed by atoms with Crippen LogP contribution in [0.4, 0.5) is 23.0 Å². The van der Waals surface area contributed by atoms with Crippen molar-refractivity contribution in [2.75, 3.05) is 56.9 Å². The first kappa shape index (κ1) is 26.1. The maximum atomic E-state index is 12.2. The van der Waals surface area contributed by atoms with Crippen LogP contribution in [-0.4, -0.2) is 71.7 Å². The Balaban J connectivity index is 1.69. The number of hydrogen-bond acceptors (Lipinski definition) is 9.